The molecule has 0 unspecified atom stereocenters. The molecule has 1 aliphatic carbocycles. The maximum atomic E-state index is 12.7. The number of benzene rings is 2. The van der Waals surface area contributed by atoms with Crippen molar-refractivity contribution in [2.45, 2.75) is 45.2 Å². The van der Waals surface area contributed by atoms with Gasteiger partial charge in [0.15, 0.2) is 0 Å². The first-order valence-electron chi connectivity index (χ1n) is 9.89. The third kappa shape index (κ3) is 3.44. The first kappa shape index (κ1) is 18.4. The molecule has 2 aromatic carbocycles. The highest BCUT2D eigenvalue weighted by Gasteiger charge is 2.35. The van der Waals surface area contributed by atoms with Gasteiger partial charge in [-0.3, -0.25) is 19.3 Å². The lowest BCUT2D eigenvalue weighted by atomic mass is 9.86. The third-order valence-electron chi connectivity index (χ3n) is 5.84. The van der Waals surface area contributed by atoms with Gasteiger partial charge in [0.2, 0.25) is 0 Å². The molecule has 0 bridgehead atoms. The predicted octanol–water partition coefficient (Wildman–Crippen LogP) is 3.79. The number of hydrogen-bond acceptors (Lipinski definition) is 3. The highest BCUT2D eigenvalue weighted by molar-refractivity contribution is 6.21. The predicted molar refractivity (Wildman–Crippen MR) is 106 cm³/mol. The molecule has 1 heterocycles. The maximum absolute atomic E-state index is 12.7. The van der Waals surface area contributed by atoms with Gasteiger partial charge < -0.3 is 5.32 Å². The van der Waals surface area contributed by atoms with Crippen LogP contribution in [0.5, 0.6) is 0 Å². The topological polar surface area (TPSA) is 66.5 Å². The van der Waals surface area contributed by atoms with Crippen molar-refractivity contribution < 1.29 is 14.4 Å². The Labute approximate surface area is 164 Å². The van der Waals surface area contributed by atoms with Crippen molar-refractivity contribution in [2.75, 3.05) is 0 Å². The molecule has 1 fully saturated rings. The molecule has 1 saturated carbocycles. The molecule has 0 radical (unpaired) electrons. The molecule has 1 N–H and O–H groups in total. The van der Waals surface area contributed by atoms with Gasteiger partial charge >= 0.3 is 0 Å². The zero-order valence-electron chi connectivity index (χ0n) is 16.0. The monoisotopic (exact) mass is 376 g/mol. The first-order chi connectivity index (χ1) is 13.5. The second-order valence-corrected chi connectivity index (χ2v) is 7.78. The van der Waals surface area contributed by atoms with Gasteiger partial charge in [0.05, 0.1) is 17.7 Å². The quantitative estimate of drug-likeness (QED) is 0.826. The van der Waals surface area contributed by atoms with Gasteiger partial charge in [-0.05, 0) is 48.6 Å². The zero-order valence-corrected chi connectivity index (χ0v) is 16.0. The van der Waals surface area contributed by atoms with E-state index in [0.717, 1.165) is 24.8 Å². The summed E-state index contributed by atoms with van der Waals surface area (Å²) < 4.78 is 0. The summed E-state index contributed by atoms with van der Waals surface area (Å²) in [5.41, 5.74) is 2.20. The standard InChI is InChI=1S/C23H24N2O3/c1-15-7-2-5-12-20(15)24-21(26)17-9-6-8-16(13-17)14-25-22(27)18-10-3-4-11-19(18)23(25)28/h3-4,6,8-11,13,15,20H,2,5,7,12,14H2,1H3,(H,24,26)/t15-,20-/m0/s1. The van der Waals surface area contributed by atoms with E-state index in [2.05, 4.69) is 12.2 Å². The Balaban J connectivity index is 1.48. The van der Waals surface area contributed by atoms with Crippen LogP contribution in [0.3, 0.4) is 0 Å². The molecule has 4 rings (SSSR count). The average Bonchev–Trinajstić information content (AvgIpc) is 2.95. The molecule has 3 amide bonds. The first-order valence-corrected chi connectivity index (χ1v) is 9.89. The van der Waals surface area contributed by atoms with Gasteiger partial charge in [-0.15, -0.1) is 0 Å². The highest BCUT2D eigenvalue weighted by Crippen LogP contribution is 2.25. The van der Waals surface area contributed by atoms with E-state index >= 15 is 0 Å². The van der Waals surface area contributed by atoms with Crippen LogP contribution in [0.15, 0.2) is 48.5 Å². The zero-order chi connectivity index (χ0) is 19.7. The summed E-state index contributed by atoms with van der Waals surface area (Å²) >= 11 is 0. The van der Waals surface area contributed by atoms with Crippen LogP contribution in [0.25, 0.3) is 0 Å². The second-order valence-electron chi connectivity index (χ2n) is 7.78. The summed E-state index contributed by atoms with van der Waals surface area (Å²) in [7, 11) is 0. The van der Waals surface area contributed by atoms with Gasteiger partial charge in [-0.2, -0.15) is 0 Å². The van der Waals surface area contributed by atoms with Crippen molar-refractivity contribution in [3.05, 3.63) is 70.8 Å². The van der Waals surface area contributed by atoms with Crippen LogP contribution in [0.1, 0.15) is 69.2 Å². The third-order valence-corrected chi connectivity index (χ3v) is 5.84. The molecule has 5 heteroatoms. The van der Waals surface area contributed by atoms with Crippen LogP contribution in [-0.2, 0) is 6.54 Å². The molecule has 1 aliphatic heterocycles. The molecule has 144 valence electrons. The van der Waals surface area contributed by atoms with E-state index < -0.39 is 0 Å². The van der Waals surface area contributed by atoms with E-state index in [0.29, 0.717) is 22.6 Å². The summed E-state index contributed by atoms with van der Waals surface area (Å²) in [5, 5.41) is 3.15. The van der Waals surface area contributed by atoms with Gasteiger partial charge in [0.25, 0.3) is 17.7 Å². The van der Waals surface area contributed by atoms with E-state index in [-0.39, 0.29) is 30.3 Å². The Morgan fingerprint density at radius 3 is 2.36 bits per heavy atom. The lowest BCUT2D eigenvalue weighted by Crippen LogP contribution is -2.41. The fourth-order valence-corrected chi connectivity index (χ4v) is 4.16. The van der Waals surface area contributed by atoms with Crippen molar-refractivity contribution in [3.8, 4) is 0 Å². The number of nitrogens with one attached hydrogen (secondary N) is 1. The van der Waals surface area contributed by atoms with Crippen LogP contribution < -0.4 is 5.32 Å². The van der Waals surface area contributed by atoms with E-state index in [4.69, 9.17) is 0 Å². The Bertz CT molecular complexity index is 902. The number of nitrogens with zero attached hydrogens (tertiary/aromatic N) is 1. The van der Waals surface area contributed by atoms with Crippen LogP contribution in [0, 0.1) is 5.92 Å². The summed E-state index contributed by atoms with van der Waals surface area (Å²) in [5.74, 6) is -0.180. The van der Waals surface area contributed by atoms with Gasteiger partial charge in [0, 0.05) is 11.6 Å². The summed E-state index contributed by atoms with van der Waals surface area (Å²) in [4.78, 5) is 39.0. The molecule has 0 saturated heterocycles. The number of fused-ring (bicyclic) bond motifs is 1. The number of rotatable bonds is 4. The fourth-order valence-electron chi connectivity index (χ4n) is 4.16. The average molecular weight is 376 g/mol. The van der Waals surface area contributed by atoms with Crippen molar-refractivity contribution in [1.82, 2.24) is 10.2 Å². The SMILES string of the molecule is C[C@H]1CCCC[C@@H]1NC(=O)c1cccc(CN2C(=O)c3ccccc3C2=O)c1. The summed E-state index contributed by atoms with van der Waals surface area (Å²) in [6, 6.07) is 14.2. The molecular weight excluding hydrogens is 352 g/mol. The number of imide groups is 1. The van der Waals surface area contributed by atoms with E-state index in [9.17, 15) is 14.4 Å². The largest absolute Gasteiger partial charge is 0.349 e. The lowest BCUT2D eigenvalue weighted by Gasteiger charge is -2.29. The van der Waals surface area contributed by atoms with Crippen LogP contribution in [0.2, 0.25) is 0 Å². The molecule has 28 heavy (non-hydrogen) atoms. The molecule has 2 atom stereocenters. The Kier molecular flexibility index (Phi) is 4.99. The maximum Gasteiger partial charge on any atom is 0.261 e. The normalized spacial score (nSPS) is 21.5. The number of carbonyl (C=O) groups excluding carboxylic acids is 3. The van der Waals surface area contributed by atoms with Gasteiger partial charge in [-0.1, -0.05) is 44.0 Å². The Morgan fingerprint density at radius 2 is 1.68 bits per heavy atom. The fraction of sp³-hybridized carbons (Fsp3) is 0.348. The van der Waals surface area contributed by atoms with Gasteiger partial charge in [-0.25, -0.2) is 0 Å². The van der Waals surface area contributed by atoms with E-state index in [1.54, 1.807) is 42.5 Å². The summed E-state index contributed by atoms with van der Waals surface area (Å²) in [6.45, 7) is 2.34. The molecule has 0 aromatic heterocycles. The summed E-state index contributed by atoms with van der Waals surface area (Å²) in [6.07, 6.45) is 4.53. The molecule has 2 aromatic rings. The highest BCUT2D eigenvalue weighted by atomic mass is 16.2. The van der Waals surface area contributed by atoms with E-state index in [1.165, 1.54) is 11.3 Å². The Hall–Kier alpha value is -2.95. The minimum Gasteiger partial charge on any atom is -0.349 e. The number of amides is 3. The van der Waals surface area contributed by atoms with Crippen molar-refractivity contribution in [2.24, 2.45) is 5.92 Å². The van der Waals surface area contributed by atoms with Crippen molar-refractivity contribution in [3.63, 3.8) is 0 Å². The Morgan fingerprint density at radius 1 is 1.00 bits per heavy atom. The van der Waals surface area contributed by atoms with Crippen LogP contribution in [-0.4, -0.2) is 28.7 Å². The van der Waals surface area contributed by atoms with Crippen LogP contribution >= 0.6 is 0 Å². The van der Waals surface area contributed by atoms with Crippen molar-refractivity contribution >= 4 is 17.7 Å². The molecule has 0 spiro atoms. The lowest BCUT2D eigenvalue weighted by molar-refractivity contribution is 0.0642. The number of hydrogen-bond donors (Lipinski definition) is 1. The molecule has 5 nitrogen and oxygen atoms in total. The van der Waals surface area contributed by atoms with Gasteiger partial charge in [0.1, 0.15) is 0 Å². The van der Waals surface area contributed by atoms with Crippen LogP contribution in [0.4, 0.5) is 0 Å². The minimum absolute atomic E-state index is 0.0945. The smallest absolute Gasteiger partial charge is 0.261 e. The minimum atomic E-state index is -0.286. The number of carbonyl (C=O) groups is 3. The van der Waals surface area contributed by atoms with E-state index in [1.807, 2.05) is 6.07 Å². The molecular formula is C23H24N2O3. The van der Waals surface area contributed by atoms with Crippen molar-refractivity contribution in [1.29, 1.82) is 0 Å². The molecule has 2 aliphatic rings. The second kappa shape index (κ2) is 7.58.